The summed E-state index contributed by atoms with van der Waals surface area (Å²) in [5, 5.41) is 1.85. The maximum Gasteiger partial charge on any atom is 0.416 e. The fourth-order valence-electron chi connectivity index (χ4n) is 2.61. The minimum atomic E-state index is -5.07. The topological polar surface area (TPSA) is 81.2 Å². The number of halogens is 6. The lowest BCUT2D eigenvalue weighted by Gasteiger charge is -2.14. The average Bonchev–Trinajstić information content (AvgIpc) is 2.74. The van der Waals surface area contributed by atoms with Gasteiger partial charge in [-0.05, 0) is 36.4 Å². The molecule has 0 aliphatic heterocycles. The number of carbonyl (C=O) groups excluding carboxylic acids is 2. The van der Waals surface area contributed by atoms with Crippen LogP contribution in [0.1, 0.15) is 16.8 Å². The van der Waals surface area contributed by atoms with E-state index in [-0.39, 0.29) is 6.07 Å². The molecule has 2 aromatic carbocycles. The average molecular weight is 469 g/mol. The number of nitrogens with zero attached hydrogens (tertiary/aromatic N) is 2. The fourth-order valence-corrected chi connectivity index (χ4v) is 2.61. The van der Waals surface area contributed by atoms with E-state index in [1.165, 1.54) is 12.3 Å². The number of hydrogen-bond donors (Lipinski definition) is 1. The molecule has 3 rings (SSSR count). The van der Waals surface area contributed by atoms with E-state index in [2.05, 4.69) is 14.7 Å². The van der Waals surface area contributed by atoms with Crippen molar-refractivity contribution in [3.8, 4) is 0 Å². The highest BCUT2D eigenvalue weighted by Crippen LogP contribution is 2.37. The van der Waals surface area contributed by atoms with Gasteiger partial charge in [0, 0.05) is 11.8 Å². The van der Waals surface area contributed by atoms with Gasteiger partial charge in [-0.15, -0.1) is 0 Å². The number of benzene rings is 2. The second-order valence-corrected chi connectivity index (χ2v) is 6.57. The minimum Gasteiger partial charge on any atom is -0.452 e. The molecule has 1 amide bonds. The monoisotopic (exact) mass is 469 g/mol. The van der Waals surface area contributed by atoms with Gasteiger partial charge in [0.05, 0.1) is 34.1 Å². The number of alkyl halides is 6. The lowest BCUT2D eigenvalue weighted by Crippen LogP contribution is -2.21. The Morgan fingerprint density at radius 3 is 2.15 bits per heavy atom. The Labute approximate surface area is 181 Å². The van der Waals surface area contributed by atoms with Gasteiger partial charge in [-0.1, -0.05) is 12.1 Å². The molecule has 1 aromatic heterocycles. The van der Waals surface area contributed by atoms with Crippen LogP contribution in [0.15, 0.2) is 54.7 Å². The first-order chi connectivity index (χ1) is 15.4. The number of esters is 1. The van der Waals surface area contributed by atoms with Gasteiger partial charge in [-0.2, -0.15) is 26.3 Å². The highest BCUT2D eigenvalue weighted by molar-refractivity contribution is 5.94. The molecule has 0 radical (unpaired) electrons. The number of nitrogens with one attached hydrogen (secondary N) is 1. The molecular weight excluding hydrogens is 456 g/mol. The summed E-state index contributed by atoms with van der Waals surface area (Å²) in [4.78, 5) is 32.0. The predicted molar refractivity (Wildman–Crippen MR) is 105 cm³/mol. The van der Waals surface area contributed by atoms with Crippen LogP contribution >= 0.6 is 0 Å². The normalized spacial score (nSPS) is 12.2. The number of para-hydroxylation sites is 2. The van der Waals surface area contributed by atoms with Crippen molar-refractivity contribution in [3.05, 3.63) is 71.6 Å². The zero-order valence-corrected chi connectivity index (χ0v) is 16.4. The molecule has 1 N–H and O–H groups in total. The summed E-state index contributed by atoms with van der Waals surface area (Å²) in [6.45, 7) is -0.940. The van der Waals surface area contributed by atoms with Gasteiger partial charge in [-0.25, -0.2) is 9.78 Å². The zero-order valence-electron chi connectivity index (χ0n) is 16.4. The van der Waals surface area contributed by atoms with Crippen molar-refractivity contribution < 1.29 is 40.7 Å². The largest absolute Gasteiger partial charge is 0.452 e. The van der Waals surface area contributed by atoms with Crippen molar-refractivity contribution in [2.75, 3.05) is 11.9 Å². The third-order valence-corrected chi connectivity index (χ3v) is 4.07. The highest BCUT2D eigenvalue weighted by atomic mass is 19.4. The Balaban J connectivity index is 1.62. The minimum absolute atomic E-state index is 0.0733. The third kappa shape index (κ3) is 6.51. The second-order valence-electron chi connectivity index (χ2n) is 6.57. The van der Waals surface area contributed by atoms with E-state index in [1.54, 1.807) is 24.3 Å². The summed E-state index contributed by atoms with van der Waals surface area (Å²) >= 11 is 0. The Kier molecular flexibility index (Phi) is 6.65. The molecule has 0 unspecified atom stereocenters. The van der Waals surface area contributed by atoms with E-state index >= 15 is 0 Å². The van der Waals surface area contributed by atoms with Crippen LogP contribution in [-0.2, 0) is 26.7 Å². The van der Waals surface area contributed by atoms with Gasteiger partial charge in [0.15, 0.2) is 6.61 Å². The van der Waals surface area contributed by atoms with Crippen LogP contribution in [0.25, 0.3) is 17.1 Å². The molecule has 0 saturated heterocycles. The van der Waals surface area contributed by atoms with Crippen LogP contribution in [-0.4, -0.2) is 28.5 Å². The van der Waals surface area contributed by atoms with Gasteiger partial charge in [0.1, 0.15) is 0 Å². The van der Waals surface area contributed by atoms with Crippen LogP contribution in [0, 0.1) is 0 Å². The zero-order chi connectivity index (χ0) is 24.2. The van der Waals surface area contributed by atoms with E-state index in [0.29, 0.717) is 28.9 Å². The first-order valence-corrected chi connectivity index (χ1v) is 9.08. The van der Waals surface area contributed by atoms with Crippen LogP contribution < -0.4 is 5.32 Å². The van der Waals surface area contributed by atoms with Crippen molar-refractivity contribution in [2.24, 2.45) is 0 Å². The molecule has 33 heavy (non-hydrogen) atoms. The maximum absolute atomic E-state index is 12.9. The van der Waals surface area contributed by atoms with Gasteiger partial charge >= 0.3 is 18.3 Å². The van der Waals surface area contributed by atoms with Crippen LogP contribution in [0.2, 0.25) is 0 Å². The summed E-state index contributed by atoms with van der Waals surface area (Å²) in [6, 6.07) is 7.58. The molecule has 0 spiro atoms. The lowest BCUT2D eigenvalue weighted by molar-refractivity contribution is -0.143. The first-order valence-electron chi connectivity index (χ1n) is 9.08. The molecule has 0 bridgehead atoms. The number of rotatable bonds is 5. The van der Waals surface area contributed by atoms with E-state index < -0.39 is 47.7 Å². The quantitative estimate of drug-likeness (QED) is 0.328. The van der Waals surface area contributed by atoms with Crippen molar-refractivity contribution in [1.29, 1.82) is 0 Å². The summed E-state index contributed by atoms with van der Waals surface area (Å²) in [6.07, 6.45) is -6.53. The summed E-state index contributed by atoms with van der Waals surface area (Å²) in [5.41, 5.74) is -2.41. The second kappa shape index (κ2) is 9.27. The Morgan fingerprint density at radius 1 is 0.939 bits per heavy atom. The summed E-state index contributed by atoms with van der Waals surface area (Å²) in [7, 11) is 0. The van der Waals surface area contributed by atoms with E-state index in [1.807, 2.05) is 5.32 Å². The van der Waals surface area contributed by atoms with Crippen molar-refractivity contribution in [3.63, 3.8) is 0 Å². The van der Waals surface area contributed by atoms with Gasteiger partial charge in [0.25, 0.3) is 5.91 Å². The standard InChI is InChI=1S/C21H13F6N3O3/c22-20(23,24)12-7-13(21(25,26)27)9-15(8-12)30-18(31)11-33-19(32)6-5-14-10-28-16-3-1-2-4-17(16)29-14/h1-10H,11H2,(H,30,31). The summed E-state index contributed by atoms with van der Waals surface area (Å²) in [5.74, 6) is -2.12. The van der Waals surface area contributed by atoms with Crippen LogP contribution in [0.4, 0.5) is 32.0 Å². The molecule has 0 fully saturated rings. The Bertz CT molecular complexity index is 1190. The smallest absolute Gasteiger partial charge is 0.416 e. The number of ether oxygens (including phenoxy) is 1. The number of fused-ring (bicyclic) bond motifs is 1. The SMILES string of the molecule is O=C(COC(=O)C=Cc1cnc2ccccc2n1)Nc1cc(C(F)(F)F)cc(C(F)(F)F)c1. The molecule has 0 atom stereocenters. The number of amides is 1. The summed E-state index contributed by atoms with van der Waals surface area (Å²) < 4.78 is 81.9. The highest BCUT2D eigenvalue weighted by Gasteiger charge is 2.37. The number of aromatic nitrogens is 2. The maximum atomic E-state index is 12.9. The number of anilines is 1. The number of hydrogen-bond acceptors (Lipinski definition) is 5. The molecular formula is C21H13F6N3O3. The van der Waals surface area contributed by atoms with Crippen molar-refractivity contribution >= 4 is 34.7 Å². The van der Waals surface area contributed by atoms with E-state index in [9.17, 15) is 35.9 Å². The predicted octanol–water partition coefficient (Wildman–Crippen LogP) is 4.86. The Morgan fingerprint density at radius 2 is 1.55 bits per heavy atom. The van der Waals surface area contributed by atoms with E-state index in [0.717, 1.165) is 6.08 Å². The molecule has 172 valence electrons. The fraction of sp³-hybridized carbons (Fsp3) is 0.143. The molecule has 12 heteroatoms. The molecule has 3 aromatic rings. The lowest BCUT2D eigenvalue weighted by atomic mass is 10.1. The third-order valence-electron chi connectivity index (χ3n) is 4.07. The molecule has 6 nitrogen and oxygen atoms in total. The Hall–Kier alpha value is -3.96. The first kappa shape index (κ1) is 23.7. The van der Waals surface area contributed by atoms with Gasteiger partial charge in [-0.3, -0.25) is 9.78 Å². The van der Waals surface area contributed by atoms with E-state index in [4.69, 9.17) is 0 Å². The molecule has 1 heterocycles. The molecule has 0 saturated carbocycles. The van der Waals surface area contributed by atoms with Crippen molar-refractivity contribution in [2.45, 2.75) is 12.4 Å². The van der Waals surface area contributed by atoms with Gasteiger partial charge in [0.2, 0.25) is 0 Å². The molecule has 0 aliphatic rings. The number of carbonyl (C=O) groups is 2. The van der Waals surface area contributed by atoms with Crippen LogP contribution in [0.5, 0.6) is 0 Å². The molecule has 0 aliphatic carbocycles. The van der Waals surface area contributed by atoms with Crippen molar-refractivity contribution in [1.82, 2.24) is 9.97 Å². The van der Waals surface area contributed by atoms with Crippen LogP contribution in [0.3, 0.4) is 0 Å². The van der Waals surface area contributed by atoms with Gasteiger partial charge < -0.3 is 10.1 Å².